The number of benzene rings is 4. The number of halogens is 2. The van der Waals surface area contributed by atoms with Crippen molar-refractivity contribution in [2.75, 3.05) is 38.0 Å². The topological polar surface area (TPSA) is 6.48 Å². The maximum absolute atomic E-state index is 5.54. The van der Waals surface area contributed by atoms with Crippen LogP contribution in [0.4, 0.5) is 11.4 Å². The SMILES string of the molecule is C[C](C)=[Zr]([Cl])[Cl].Cc1cc2c(-c3cccc(N(C)C)c3)cccc2[cH-]1.Cc1cc2c(-c3cccc(N(C)C)c3)cccc2[cH-]1. The first-order chi connectivity index (χ1) is 20.9. The average Bonchev–Trinajstić information content (AvgIpc) is 3.58. The summed E-state index contributed by atoms with van der Waals surface area (Å²) in [7, 11) is 19.4. The van der Waals surface area contributed by atoms with Crippen LogP contribution in [0.2, 0.25) is 0 Å². The van der Waals surface area contributed by atoms with Crippen LogP contribution < -0.4 is 9.80 Å². The molecule has 0 heterocycles. The predicted molar refractivity (Wildman–Crippen MR) is 196 cm³/mol. The second-order valence-electron chi connectivity index (χ2n) is 11.8. The summed E-state index contributed by atoms with van der Waals surface area (Å²) in [4.78, 5) is 4.28. The van der Waals surface area contributed by atoms with Gasteiger partial charge in [0.1, 0.15) is 0 Å². The van der Waals surface area contributed by atoms with E-state index >= 15 is 0 Å². The van der Waals surface area contributed by atoms with E-state index in [4.69, 9.17) is 17.0 Å². The van der Waals surface area contributed by atoms with Crippen molar-refractivity contribution < 1.29 is 18.9 Å². The van der Waals surface area contributed by atoms with Crippen molar-refractivity contribution in [3.8, 4) is 22.3 Å². The number of aryl methyl sites for hydroxylation is 2. The summed E-state index contributed by atoms with van der Waals surface area (Å²) in [6.07, 6.45) is 0. The maximum Gasteiger partial charge on any atom is 0.0366 e. The molecular formula is C39H42Cl2N2Zr-2. The summed E-state index contributed by atoms with van der Waals surface area (Å²) in [5.41, 5.74) is 10.3. The second kappa shape index (κ2) is 15.4. The number of rotatable bonds is 4. The van der Waals surface area contributed by atoms with E-state index in [9.17, 15) is 0 Å². The van der Waals surface area contributed by atoms with Crippen LogP contribution in [0.25, 0.3) is 43.8 Å². The first-order valence-electron chi connectivity index (χ1n) is 14.8. The summed E-state index contributed by atoms with van der Waals surface area (Å²) in [5.74, 6) is 0. The Balaban J connectivity index is 0.000000170. The van der Waals surface area contributed by atoms with E-state index in [1.54, 1.807) is 0 Å². The van der Waals surface area contributed by atoms with Gasteiger partial charge in [-0.3, -0.25) is 0 Å². The van der Waals surface area contributed by atoms with Gasteiger partial charge in [-0.1, -0.05) is 61.4 Å². The molecular weight excluding hydrogens is 659 g/mol. The molecule has 6 rings (SSSR count). The van der Waals surface area contributed by atoms with E-state index in [2.05, 4.69) is 161 Å². The molecule has 0 atom stereocenters. The Morgan fingerprint density at radius 2 is 0.932 bits per heavy atom. The molecule has 0 saturated heterocycles. The van der Waals surface area contributed by atoms with E-state index in [1.807, 2.05) is 13.8 Å². The molecule has 0 aliphatic heterocycles. The summed E-state index contributed by atoms with van der Waals surface area (Å²) in [6.45, 7) is 8.27. The van der Waals surface area contributed by atoms with E-state index in [-0.39, 0.29) is 0 Å². The number of nitrogens with zero attached hydrogens (tertiary/aromatic N) is 2. The molecule has 0 N–H and O–H groups in total. The number of anilines is 2. The second-order valence-corrected chi connectivity index (χ2v) is 21.2. The first kappa shape index (κ1) is 33.9. The minimum absolute atomic E-state index is 1.23. The monoisotopic (exact) mass is 698 g/mol. The Morgan fingerprint density at radius 1 is 0.568 bits per heavy atom. The molecule has 6 aromatic carbocycles. The summed E-state index contributed by atoms with van der Waals surface area (Å²) in [5, 5.41) is 5.34. The summed E-state index contributed by atoms with van der Waals surface area (Å²) in [6, 6.07) is 39.5. The van der Waals surface area contributed by atoms with Crippen LogP contribution >= 0.6 is 17.0 Å². The van der Waals surface area contributed by atoms with Crippen LogP contribution in [-0.2, 0) is 18.9 Å². The first-order valence-corrected chi connectivity index (χ1v) is 22.4. The van der Waals surface area contributed by atoms with E-state index in [0.29, 0.717) is 0 Å². The maximum atomic E-state index is 5.54. The molecule has 6 aromatic rings. The zero-order valence-electron chi connectivity index (χ0n) is 27.0. The molecule has 0 amide bonds. The number of fused-ring (bicyclic) bond motifs is 2. The number of hydrogen-bond donors (Lipinski definition) is 0. The van der Waals surface area contributed by atoms with Gasteiger partial charge in [0.2, 0.25) is 0 Å². The van der Waals surface area contributed by atoms with E-state index in [1.165, 1.54) is 69.5 Å². The molecule has 0 aromatic heterocycles. The molecule has 44 heavy (non-hydrogen) atoms. The van der Waals surface area contributed by atoms with Crippen LogP contribution in [-0.4, -0.2) is 31.4 Å². The fourth-order valence-electron chi connectivity index (χ4n) is 5.18. The predicted octanol–water partition coefficient (Wildman–Crippen LogP) is 11.3. The molecule has 0 spiro atoms. The Kier molecular flexibility index (Phi) is 11.8. The van der Waals surface area contributed by atoms with Gasteiger partial charge in [-0.05, 0) is 35.4 Å². The average molecular weight is 701 g/mol. The van der Waals surface area contributed by atoms with Gasteiger partial charge in [-0.25, -0.2) is 0 Å². The smallest absolute Gasteiger partial charge is 0.0366 e. The molecule has 0 fully saturated rings. The van der Waals surface area contributed by atoms with Crippen molar-refractivity contribution in [2.45, 2.75) is 27.7 Å². The molecule has 0 aliphatic carbocycles. The van der Waals surface area contributed by atoms with Crippen molar-refractivity contribution in [1.82, 2.24) is 0 Å². The van der Waals surface area contributed by atoms with Gasteiger partial charge < -0.3 is 9.80 Å². The standard InChI is InChI=1S/2C18H18N.C3H6.2ClH.Zr/c2*1-13-10-14-7-5-9-17(18(14)11-13)15-6-4-8-16(12-15)19(2)3;1-3-2;;;/h2*4-12H,1-3H3;1-2H3;2*1H;/q2*-1;;;;+2/p-2. The van der Waals surface area contributed by atoms with Crippen molar-refractivity contribution in [3.63, 3.8) is 0 Å². The van der Waals surface area contributed by atoms with Gasteiger partial charge in [-0.15, -0.1) is 69.1 Å². The molecule has 0 radical (unpaired) electrons. The molecule has 0 bridgehead atoms. The van der Waals surface area contributed by atoms with Crippen LogP contribution in [0.3, 0.4) is 0 Å². The number of hydrogen-bond acceptors (Lipinski definition) is 2. The van der Waals surface area contributed by atoms with E-state index < -0.39 is 18.9 Å². The van der Waals surface area contributed by atoms with Gasteiger partial charge in [0.15, 0.2) is 0 Å². The van der Waals surface area contributed by atoms with Crippen LogP contribution in [0.15, 0.2) is 109 Å². The van der Waals surface area contributed by atoms with E-state index in [0.717, 1.165) is 0 Å². The third-order valence-electron chi connectivity index (χ3n) is 7.52. The van der Waals surface area contributed by atoms with Gasteiger partial charge >= 0.3 is 53.0 Å². The van der Waals surface area contributed by atoms with Crippen LogP contribution in [0.1, 0.15) is 25.0 Å². The third-order valence-corrected chi connectivity index (χ3v) is 13.8. The normalized spacial score (nSPS) is 10.5. The minimum Gasteiger partial charge on any atom is -0.378 e. The largest absolute Gasteiger partial charge is 0.378 e. The van der Waals surface area contributed by atoms with Gasteiger partial charge in [0.05, 0.1) is 0 Å². The molecule has 0 saturated carbocycles. The van der Waals surface area contributed by atoms with Crippen molar-refractivity contribution in [2.24, 2.45) is 0 Å². The zero-order chi connectivity index (χ0) is 32.0. The van der Waals surface area contributed by atoms with Crippen molar-refractivity contribution in [1.29, 1.82) is 0 Å². The Labute approximate surface area is 278 Å². The van der Waals surface area contributed by atoms with Crippen molar-refractivity contribution >= 4 is 53.2 Å². The Bertz CT molecular complexity index is 1750. The molecule has 228 valence electrons. The molecule has 0 aliphatic rings. The minimum atomic E-state index is -1.84. The summed E-state index contributed by atoms with van der Waals surface area (Å²) >= 11 is -1.84. The Morgan fingerprint density at radius 3 is 1.27 bits per heavy atom. The van der Waals surface area contributed by atoms with Crippen LogP contribution in [0, 0.1) is 13.8 Å². The van der Waals surface area contributed by atoms with Gasteiger partial charge in [0, 0.05) is 39.6 Å². The zero-order valence-corrected chi connectivity index (χ0v) is 31.0. The van der Waals surface area contributed by atoms with Crippen LogP contribution in [0.5, 0.6) is 0 Å². The Hall–Kier alpha value is -2.97. The summed E-state index contributed by atoms with van der Waals surface area (Å²) < 4.78 is 1.24. The van der Waals surface area contributed by atoms with Crippen molar-refractivity contribution in [3.05, 3.63) is 120 Å². The molecule has 2 nitrogen and oxygen atoms in total. The third kappa shape index (κ3) is 8.60. The molecule has 0 unspecified atom stereocenters. The van der Waals surface area contributed by atoms with Gasteiger partial charge in [-0.2, -0.15) is 12.1 Å². The molecule has 5 heteroatoms. The fraction of sp³-hybridized carbons (Fsp3) is 0.205. The fourth-order valence-corrected chi connectivity index (χ4v) is 5.18. The quantitative estimate of drug-likeness (QED) is 0.169. The van der Waals surface area contributed by atoms with Gasteiger partial charge in [0.25, 0.3) is 0 Å².